The molecule has 0 unspecified atom stereocenters. The number of hydrogen-bond donors (Lipinski definition) is 2. The maximum atomic E-state index is 13.4. The Kier molecular flexibility index (Phi) is 5.49. The summed E-state index contributed by atoms with van der Waals surface area (Å²) in [6, 6.07) is 4.33. The van der Waals surface area contributed by atoms with Crippen LogP contribution in [0.15, 0.2) is 18.2 Å². The van der Waals surface area contributed by atoms with Gasteiger partial charge < -0.3 is 15.5 Å². The molecule has 0 aliphatic carbocycles. The van der Waals surface area contributed by atoms with Crippen LogP contribution in [0, 0.1) is 18.7 Å². The van der Waals surface area contributed by atoms with E-state index in [4.69, 9.17) is 0 Å². The summed E-state index contributed by atoms with van der Waals surface area (Å²) in [6.45, 7) is 4.16. The first kappa shape index (κ1) is 16.4. The SMILES string of the molecule is Cc1ccc(NC(=O)C(=O)NCC2CCN(C)CC2)cc1F. The highest BCUT2D eigenvalue weighted by Crippen LogP contribution is 2.15. The molecule has 2 amide bonds. The van der Waals surface area contributed by atoms with E-state index in [1.807, 2.05) is 0 Å². The van der Waals surface area contributed by atoms with Crippen molar-refractivity contribution in [3.05, 3.63) is 29.6 Å². The lowest BCUT2D eigenvalue weighted by molar-refractivity contribution is -0.136. The van der Waals surface area contributed by atoms with Crippen LogP contribution < -0.4 is 10.6 Å². The first-order valence-electron chi connectivity index (χ1n) is 7.49. The highest BCUT2D eigenvalue weighted by Gasteiger charge is 2.19. The van der Waals surface area contributed by atoms with Crippen molar-refractivity contribution in [2.24, 2.45) is 5.92 Å². The number of anilines is 1. The fraction of sp³-hybridized carbons (Fsp3) is 0.500. The molecule has 0 atom stereocenters. The van der Waals surface area contributed by atoms with Gasteiger partial charge in [-0.15, -0.1) is 0 Å². The van der Waals surface area contributed by atoms with E-state index in [9.17, 15) is 14.0 Å². The molecular weight excluding hydrogens is 285 g/mol. The summed E-state index contributed by atoms with van der Waals surface area (Å²) < 4.78 is 13.4. The average Bonchev–Trinajstić information content (AvgIpc) is 2.50. The summed E-state index contributed by atoms with van der Waals surface area (Å²) in [7, 11) is 2.07. The topological polar surface area (TPSA) is 61.4 Å². The molecule has 120 valence electrons. The number of aryl methyl sites for hydroxylation is 1. The van der Waals surface area contributed by atoms with E-state index in [1.165, 1.54) is 6.07 Å². The number of nitrogens with one attached hydrogen (secondary N) is 2. The molecule has 5 nitrogen and oxygen atoms in total. The van der Waals surface area contributed by atoms with Crippen molar-refractivity contribution in [1.29, 1.82) is 0 Å². The van der Waals surface area contributed by atoms with Gasteiger partial charge in [-0.3, -0.25) is 9.59 Å². The summed E-state index contributed by atoms with van der Waals surface area (Å²) >= 11 is 0. The standard InChI is InChI=1S/C16H22FN3O2/c1-11-3-4-13(9-14(11)17)19-16(22)15(21)18-10-12-5-7-20(2)8-6-12/h3-4,9,12H,5-8,10H2,1-2H3,(H,18,21)(H,19,22). The van der Waals surface area contributed by atoms with Crippen LogP contribution in [0.3, 0.4) is 0 Å². The third-order valence-corrected chi connectivity index (χ3v) is 4.03. The van der Waals surface area contributed by atoms with E-state index in [0.29, 0.717) is 18.0 Å². The van der Waals surface area contributed by atoms with E-state index in [1.54, 1.807) is 19.1 Å². The number of benzene rings is 1. The number of rotatable bonds is 3. The molecule has 0 saturated carbocycles. The zero-order valence-corrected chi connectivity index (χ0v) is 13.0. The number of halogens is 1. The molecule has 0 spiro atoms. The number of likely N-dealkylation sites (tertiary alicyclic amines) is 1. The Morgan fingerprint density at radius 2 is 1.95 bits per heavy atom. The number of piperidine rings is 1. The van der Waals surface area contributed by atoms with Gasteiger partial charge in [-0.05, 0) is 63.5 Å². The second-order valence-corrected chi connectivity index (χ2v) is 5.87. The zero-order chi connectivity index (χ0) is 16.1. The zero-order valence-electron chi connectivity index (χ0n) is 13.0. The summed E-state index contributed by atoms with van der Waals surface area (Å²) in [4.78, 5) is 25.8. The number of carbonyl (C=O) groups excluding carboxylic acids is 2. The molecule has 1 aromatic carbocycles. The molecule has 6 heteroatoms. The quantitative estimate of drug-likeness (QED) is 0.833. The number of amides is 2. The van der Waals surface area contributed by atoms with Gasteiger partial charge in [0.05, 0.1) is 0 Å². The molecule has 2 rings (SSSR count). The van der Waals surface area contributed by atoms with E-state index >= 15 is 0 Å². The predicted molar refractivity (Wildman–Crippen MR) is 83.0 cm³/mol. The number of nitrogens with zero attached hydrogens (tertiary/aromatic N) is 1. The highest BCUT2D eigenvalue weighted by molar-refractivity contribution is 6.39. The Labute approximate surface area is 129 Å². The molecule has 1 aliphatic rings. The minimum Gasteiger partial charge on any atom is -0.348 e. The Morgan fingerprint density at radius 3 is 2.59 bits per heavy atom. The molecule has 22 heavy (non-hydrogen) atoms. The molecule has 1 heterocycles. The summed E-state index contributed by atoms with van der Waals surface area (Å²) in [5.74, 6) is -1.45. The van der Waals surface area contributed by atoms with Crippen molar-refractivity contribution in [1.82, 2.24) is 10.2 Å². The molecule has 2 N–H and O–H groups in total. The molecular formula is C16H22FN3O2. The van der Waals surface area contributed by atoms with Crippen molar-refractivity contribution >= 4 is 17.5 Å². The second kappa shape index (κ2) is 7.35. The largest absolute Gasteiger partial charge is 0.348 e. The minimum absolute atomic E-state index is 0.280. The lowest BCUT2D eigenvalue weighted by Crippen LogP contribution is -2.41. The van der Waals surface area contributed by atoms with Crippen molar-refractivity contribution in [3.63, 3.8) is 0 Å². The maximum Gasteiger partial charge on any atom is 0.313 e. The first-order valence-corrected chi connectivity index (χ1v) is 7.49. The fourth-order valence-electron chi connectivity index (χ4n) is 2.44. The van der Waals surface area contributed by atoms with Gasteiger partial charge in [-0.25, -0.2) is 4.39 Å². The van der Waals surface area contributed by atoms with Gasteiger partial charge in [0.15, 0.2) is 0 Å². The summed E-state index contributed by atoms with van der Waals surface area (Å²) in [5.41, 5.74) is 0.771. The van der Waals surface area contributed by atoms with E-state index in [0.717, 1.165) is 25.9 Å². The van der Waals surface area contributed by atoms with Gasteiger partial charge in [0.2, 0.25) is 0 Å². The maximum absolute atomic E-state index is 13.4. The van der Waals surface area contributed by atoms with Crippen LogP contribution in [0.1, 0.15) is 18.4 Å². The lowest BCUT2D eigenvalue weighted by Gasteiger charge is -2.28. The smallest absolute Gasteiger partial charge is 0.313 e. The predicted octanol–water partition coefficient (Wildman–Crippen LogP) is 1.53. The van der Waals surface area contributed by atoms with Crippen molar-refractivity contribution in [3.8, 4) is 0 Å². The minimum atomic E-state index is -0.767. The van der Waals surface area contributed by atoms with E-state index in [2.05, 4.69) is 22.6 Å². The van der Waals surface area contributed by atoms with Crippen LogP contribution in [0.2, 0.25) is 0 Å². The molecule has 1 aliphatic heterocycles. The molecule has 1 fully saturated rings. The van der Waals surface area contributed by atoms with Crippen LogP contribution in [-0.4, -0.2) is 43.4 Å². The fourth-order valence-corrected chi connectivity index (χ4v) is 2.44. The summed E-state index contributed by atoms with van der Waals surface area (Å²) in [6.07, 6.45) is 2.03. The van der Waals surface area contributed by atoms with Gasteiger partial charge in [0.25, 0.3) is 0 Å². The van der Waals surface area contributed by atoms with Gasteiger partial charge in [-0.2, -0.15) is 0 Å². The Bertz CT molecular complexity index is 554. The lowest BCUT2D eigenvalue weighted by atomic mass is 9.97. The van der Waals surface area contributed by atoms with Crippen LogP contribution in [0.5, 0.6) is 0 Å². The average molecular weight is 307 g/mol. The molecule has 0 bridgehead atoms. The monoisotopic (exact) mass is 307 g/mol. The van der Waals surface area contributed by atoms with Gasteiger partial charge in [0, 0.05) is 12.2 Å². The van der Waals surface area contributed by atoms with Crippen molar-refractivity contribution in [2.45, 2.75) is 19.8 Å². The first-order chi connectivity index (χ1) is 10.5. The Balaban J connectivity index is 1.79. The van der Waals surface area contributed by atoms with Crippen LogP contribution in [0.4, 0.5) is 10.1 Å². The van der Waals surface area contributed by atoms with E-state index < -0.39 is 17.6 Å². The number of hydrogen-bond acceptors (Lipinski definition) is 3. The van der Waals surface area contributed by atoms with Gasteiger partial charge in [0.1, 0.15) is 5.82 Å². The molecule has 0 aromatic heterocycles. The highest BCUT2D eigenvalue weighted by atomic mass is 19.1. The summed E-state index contributed by atoms with van der Waals surface area (Å²) in [5, 5.41) is 5.06. The van der Waals surface area contributed by atoms with Crippen molar-refractivity contribution < 1.29 is 14.0 Å². The van der Waals surface area contributed by atoms with E-state index in [-0.39, 0.29) is 5.69 Å². The van der Waals surface area contributed by atoms with Gasteiger partial charge >= 0.3 is 11.8 Å². The molecule has 1 aromatic rings. The van der Waals surface area contributed by atoms with Crippen LogP contribution in [0.25, 0.3) is 0 Å². The third kappa shape index (κ3) is 4.53. The van der Waals surface area contributed by atoms with Gasteiger partial charge in [-0.1, -0.05) is 6.07 Å². The second-order valence-electron chi connectivity index (χ2n) is 5.87. The van der Waals surface area contributed by atoms with Crippen molar-refractivity contribution in [2.75, 3.05) is 32.0 Å². The van der Waals surface area contributed by atoms with Crippen LogP contribution >= 0.6 is 0 Å². The third-order valence-electron chi connectivity index (χ3n) is 4.03. The normalized spacial score (nSPS) is 16.3. The molecule has 1 saturated heterocycles. The van der Waals surface area contributed by atoms with Crippen LogP contribution in [-0.2, 0) is 9.59 Å². The Morgan fingerprint density at radius 1 is 1.27 bits per heavy atom. The number of carbonyl (C=O) groups is 2. The molecule has 0 radical (unpaired) electrons. The Hall–Kier alpha value is -1.95.